The van der Waals surface area contributed by atoms with Crippen molar-refractivity contribution >= 4 is 17.0 Å². The average Bonchev–Trinajstić information content (AvgIpc) is 3.26. The fraction of sp³-hybridized carbons (Fsp3) is 0.292. The van der Waals surface area contributed by atoms with Crippen LogP contribution in [-0.4, -0.2) is 25.7 Å². The number of ether oxygens (including phenoxy) is 1. The van der Waals surface area contributed by atoms with Crippen molar-refractivity contribution in [3.8, 4) is 0 Å². The monoisotopic (exact) mass is 486 g/mol. The molecule has 0 spiro atoms. The molecule has 2 aromatic heterocycles. The topological polar surface area (TPSA) is 100 Å². The number of halogens is 3. The minimum absolute atomic E-state index is 0.00780. The molecule has 0 aliphatic rings. The molecule has 0 bridgehead atoms. The summed E-state index contributed by atoms with van der Waals surface area (Å²) in [4.78, 5) is 33.7. The molecule has 0 radical (unpaired) electrons. The second-order valence-corrected chi connectivity index (χ2v) is 7.95. The van der Waals surface area contributed by atoms with Crippen molar-refractivity contribution in [2.24, 2.45) is 0 Å². The van der Waals surface area contributed by atoms with Gasteiger partial charge in [0.05, 0.1) is 29.6 Å². The third-order valence-electron chi connectivity index (χ3n) is 5.29. The lowest BCUT2D eigenvalue weighted by Gasteiger charge is -2.14. The van der Waals surface area contributed by atoms with E-state index in [0.29, 0.717) is 5.82 Å². The summed E-state index contributed by atoms with van der Waals surface area (Å²) in [5.74, 6) is -0.127. The molecule has 4 rings (SSSR count). The number of esters is 1. The Morgan fingerprint density at radius 3 is 2.54 bits per heavy atom. The number of nitrogens with zero attached hydrogens (tertiary/aromatic N) is 4. The number of alkyl halides is 3. The first-order chi connectivity index (χ1) is 16.6. The van der Waals surface area contributed by atoms with Gasteiger partial charge in [-0.15, -0.1) is 0 Å². The van der Waals surface area contributed by atoms with Gasteiger partial charge < -0.3 is 13.8 Å². The van der Waals surface area contributed by atoms with E-state index in [2.05, 4.69) is 15.1 Å². The molecule has 1 atom stereocenters. The average molecular weight is 486 g/mol. The van der Waals surface area contributed by atoms with E-state index in [-0.39, 0.29) is 42.0 Å². The smallest absolute Gasteiger partial charge is 0.416 e. The van der Waals surface area contributed by atoms with Crippen LogP contribution in [0.15, 0.2) is 57.8 Å². The van der Waals surface area contributed by atoms with Crippen LogP contribution in [-0.2, 0) is 28.7 Å². The van der Waals surface area contributed by atoms with Crippen LogP contribution in [0.1, 0.15) is 48.0 Å². The molecule has 35 heavy (non-hydrogen) atoms. The van der Waals surface area contributed by atoms with Crippen molar-refractivity contribution in [1.82, 2.24) is 19.7 Å². The third kappa shape index (κ3) is 5.56. The van der Waals surface area contributed by atoms with Gasteiger partial charge in [0.1, 0.15) is 5.69 Å². The maximum absolute atomic E-state index is 13.3. The lowest BCUT2D eigenvalue weighted by Crippen LogP contribution is -2.27. The molecule has 0 saturated carbocycles. The molecule has 0 aliphatic heterocycles. The summed E-state index contributed by atoms with van der Waals surface area (Å²) in [6.07, 6.45) is -5.69. The molecule has 2 aromatic carbocycles. The summed E-state index contributed by atoms with van der Waals surface area (Å²) in [6, 6.07) is 12.1. The largest absolute Gasteiger partial charge is 0.453 e. The van der Waals surface area contributed by atoms with E-state index in [1.54, 1.807) is 38.1 Å². The second-order valence-electron chi connectivity index (χ2n) is 7.95. The van der Waals surface area contributed by atoms with E-state index in [0.717, 1.165) is 17.7 Å². The molecular weight excluding hydrogens is 465 g/mol. The number of rotatable bonds is 7. The summed E-state index contributed by atoms with van der Waals surface area (Å²) < 4.78 is 51.5. The van der Waals surface area contributed by atoms with E-state index < -0.39 is 29.4 Å². The zero-order valence-electron chi connectivity index (χ0n) is 18.9. The molecular formula is C24H21F3N4O4. The van der Waals surface area contributed by atoms with E-state index in [4.69, 9.17) is 9.26 Å². The van der Waals surface area contributed by atoms with Crippen LogP contribution in [0.4, 0.5) is 13.2 Å². The highest BCUT2D eigenvalue weighted by Gasteiger charge is 2.31. The minimum Gasteiger partial charge on any atom is -0.453 e. The second kappa shape index (κ2) is 9.69. The number of hydrogen-bond acceptors (Lipinski definition) is 7. The number of aromatic nitrogens is 4. The summed E-state index contributed by atoms with van der Waals surface area (Å²) in [5.41, 5.74) is -0.347. The molecule has 8 nitrogen and oxygen atoms in total. The van der Waals surface area contributed by atoms with Crippen molar-refractivity contribution < 1.29 is 27.2 Å². The van der Waals surface area contributed by atoms with Gasteiger partial charge in [-0.2, -0.15) is 18.2 Å². The van der Waals surface area contributed by atoms with Gasteiger partial charge in [0.25, 0.3) is 11.4 Å². The van der Waals surface area contributed by atoms with Gasteiger partial charge in [-0.05, 0) is 37.6 Å². The summed E-state index contributed by atoms with van der Waals surface area (Å²) in [5, 5.41) is 3.64. The van der Waals surface area contributed by atoms with E-state index in [1.165, 1.54) is 10.6 Å². The molecule has 182 valence electrons. The maximum atomic E-state index is 13.3. The number of aryl methyl sites for hydroxylation is 2. The van der Waals surface area contributed by atoms with Gasteiger partial charge in [0.15, 0.2) is 11.9 Å². The quantitative estimate of drug-likeness (QED) is 0.357. The maximum Gasteiger partial charge on any atom is 0.416 e. The Balaban J connectivity index is 1.63. The van der Waals surface area contributed by atoms with Crippen LogP contribution in [0, 0.1) is 6.92 Å². The predicted octanol–water partition coefficient (Wildman–Crippen LogP) is 4.39. The summed E-state index contributed by atoms with van der Waals surface area (Å²) in [6.45, 7) is 3.32. The van der Waals surface area contributed by atoms with Crippen molar-refractivity contribution in [2.75, 3.05) is 0 Å². The van der Waals surface area contributed by atoms with Crippen molar-refractivity contribution in [2.45, 2.75) is 45.5 Å². The molecule has 0 saturated heterocycles. The number of fused-ring (bicyclic) bond motifs is 1. The molecule has 0 N–H and O–H groups in total. The molecule has 0 aliphatic carbocycles. The normalized spacial score (nSPS) is 12.6. The van der Waals surface area contributed by atoms with Crippen LogP contribution in [0.5, 0.6) is 0 Å². The van der Waals surface area contributed by atoms with Gasteiger partial charge >= 0.3 is 12.1 Å². The Morgan fingerprint density at radius 1 is 1.14 bits per heavy atom. The first-order valence-corrected chi connectivity index (χ1v) is 10.8. The highest BCUT2D eigenvalue weighted by molar-refractivity contribution is 5.76. The SMILES string of the molecule is Cc1noc(C(C)OC(=O)CCc2nc3cc(C(F)(F)F)ccc3n(Cc3ccccc3)c2=O)n1. The van der Waals surface area contributed by atoms with Crippen molar-refractivity contribution in [3.63, 3.8) is 0 Å². The molecule has 1 unspecified atom stereocenters. The van der Waals surface area contributed by atoms with Crippen LogP contribution >= 0.6 is 0 Å². The van der Waals surface area contributed by atoms with Gasteiger partial charge in [-0.3, -0.25) is 9.59 Å². The predicted molar refractivity (Wildman–Crippen MR) is 118 cm³/mol. The Kier molecular flexibility index (Phi) is 6.68. The summed E-state index contributed by atoms with van der Waals surface area (Å²) >= 11 is 0. The highest BCUT2D eigenvalue weighted by Crippen LogP contribution is 2.31. The van der Waals surface area contributed by atoms with Gasteiger partial charge in [0.2, 0.25) is 0 Å². The lowest BCUT2D eigenvalue weighted by molar-refractivity contribution is -0.149. The molecule has 11 heteroatoms. The Labute approximate surface area is 197 Å². The van der Waals surface area contributed by atoms with Crippen molar-refractivity contribution in [1.29, 1.82) is 0 Å². The first kappa shape index (κ1) is 24.1. The Morgan fingerprint density at radius 2 is 1.89 bits per heavy atom. The minimum atomic E-state index is -4.57. The molecule has 0 fully saturated rings. The third-order valence-corrected chi connectivity index (χ3v) is 5.29. The van der Waals surface area contributed by atoms with Gasteiger partial charge in [-0.1, -0.05) is 35.5 Å². The van der Waals surface area contributed by atoms with Crippen LogP contribution in [0.3, 0.4) is 0 Å². The standard InChI is InChI=1S/C24H21F3N4O4/c1-14(22-28-15(2)30-35-22)34-21(32)11-9-18-23(33)31(13-16-6-4-3-5-7-16)20-10-8-17(24(25,26)27)12-19(20)29-18/h3-8,10,12,14H,9,11,13H2,1-2H3. The number of carbonyl (C=O) groups is 1. The lowest BCUT2D eigenvalue weighted by atomic mass is 10.1. The number of benzene rings is 2. The van der Waals surface area contributed by atoms with Gasteiger partial charge in [-0.25, -0.2) is 4.98 Å². The Bertz CT molecular complexity index is 1410. The first-order valence-electron chi connectivity index (χ1n) is 10.8. The number of carbonyl (C=O) groups excluding carboxylic acids is 1. The van der Waals surface area contributed by atoms with E-state index >= 15 is 0 Å². The Hall–Kier alpha value is -4.02. The molecule has 4 aromatic rings. The number of hydrogen-bond donors (Lipinski definition) is 0. The van der Waals surface area contributed by atoms with Crippen LogP contribution < -0.4 is 5.56 Å². The highest BCUT2D eigenvalue weighted by atomic mass is 19.4. The molecule has 2 heterocycles. The van der Waals surface area contributed by atoms with Crippen LogP contribution in [0.2, 0.25) is 0 Å². The zero-order chi connectivity index (χ0) is 25.2. The summed E-state index contributed by atoms with van der Waals surface area (Å²) in [7, 11) is 0. The fourth-order valence-electron chi connectivity index (χ4n) is 3.57. The van der Waals surface area contributed by atoms with Gasteiger partial charge in [0, 0.05) is 6.42 Å². The molecule has 0 amide bonds. The van der Waals surface area contributed by atoms with E-state index in [1.807, 2.05) is 6.07 Å². The zero-order valence-corrected chi connectivity index (χ0v) is 18.9. The van der Waals surface area contributed by atoms with E-state index in [9.17, 15) is 22.8 Å². The van der Waals surface area contributed by atoms with Crippen LogP contribution in [0.25, 0.3) is 11.0 Å². The van der Waals surface area contributed by atoms with Crippen molar-refractivity contribution in [3.05, 3.63) is 87.4 Å². The fourth-order valence-corrected chi connectivity index (χ4v) is 3.57.